The smallest absolute Gasteiger partial charge is 0.254 e. The predicted octanol–water partition coefficient (Wildman–Crippen LogP) is 4.23. The molecular weight excluding hydrogens is 498 g/mol. The molecule has 0 saturated heterocycles. The highest BCUT2D eigenvalue weighted by Crippen LogP contribution is 2.29. The molecule has 2 heterocycles. The maximum atomic E-state index is 13.8. The van der Waals surface area contributed by atoms with Crippen LogP contribution >= 0.6 is 11.6 Å². The normalized spacial score (nSPS) is 16.3. The minimum Gasteiger partial charge on any atom is -0.333 e. The third-order valence-corrected chi connectivity index (χ3v) is 8.18. The molecule has 3 aromatic rings. The summed E-state index contributed by atoms with van der Waals surface area (Å²) in [6.07, 6.45) is 3.67. The molecule has 1 aliphatic heterocycles. The molecule has 8 nitrogen and oxygen atoms in total. The zero-order chi connectivity index (χ0) is 26.0. The van der Waals surface area contributed by atoms with Crippen molar-refractivity contribution in [2.24, 2.45) is 0 Å². The van der Waals surface area contributed by atoms with Crippen LogP contribution in [0.2, 0.25) is 5.02 Å². The van der Waals surface area contributed by atoms with Crippen LogP contribution in [0.5, 0.6) is 0 Å². The van der Waals surface area contributed by atoms with Crippen molar-refractivity contribution in [2.45, 2.75) is 46.3 Å². The van der Waals surface area contributed by atoms with Crippen LogP contribution in [0.3, 0.4) is 0 Å². The van der Waals surface area contributed by atoms with Crippen molar-refractivity contribution in [2.75, 3.05) is 36.7 Å². The minimum absolute atomic E-state index is 0.113. The van der Waals surface area contributed by atoms with E-state index in [-0.39, 0.29) is 18.5 Å². The van der Waals surface area contributed by atoms with E-state index in [4.69, 9.17) is 11.6 Å². The third-order valence-electron chi connectivity index (χ3n) is 6.77. The molecule has 2 aromatic carbocycles. The molecule has 0 N–H and O–H groups in total. The first kappa shape index (κ1) is 26.4. The highest BCUT2D eigenvalue weighted by atomic mass is 35.5. The summed E-state index contributed by atoms with van der Waals surface area (Å²) in [6.45, 7) is 9.64. The molecule has 194 valence electrons. The fourth-order valence-corrected chi connectivity index (χ4v) is 5.91. The summed E-state index contributed by atoms with van der Waals surface area (Å²) in [7, 11) is -3.55. The summed E-state index contributed by atoms with van der Waals surface area (Å²) < 4.78 is 29.0. The minimum atomic E-state index is -3.55. The summed E-state index contributed by atoms with van der Waals surface area (Å²) in [5.41, 5.74) is 3.59. The van der Waals surface area contributed by atoms with Crippen LogP contribution < -0.4 is 4.31 Å². The van der Waals surface area contributed by atoms with E-state index in [2.05, 4.69) is 30.7 Å². The van der Waals surface area contributed by atoms with E-state index in [0.29, 0.717) is 42.3 Å². The Morgan fingerprint density at radius 2 is 1.86 bits per heavy atom. The van der Waals surface area contributed by atoms with Gasteiger partial charge in [-0.25, -0.2) is 13.4 Å². The number of aromatic nitrogens is 2. The SMILES string of the molecule is CCn1cnc2cc(C(=O)N3CCN(C(C)C)CCCN(S(C)(=O)=O)c4cc(Cl)ccc4C3)ccc21. The van der Waals surface area contributed by atoms with Crippen molar-refractivity contribution in [1.82, 2.24) is 19.4 Å². The van der Waals surface area contributed by atoms with E-state index in [9.17, 15) is 13.2 Å². The number of fused-ring (bicyclic) bond motifs is 2. The second-order valence-corrected chi connectivity index (χ2v) is 11.9. The number of imidazole rings is 1. The maximum absolute atomic E-state index is 13.8. The molecular formula is C26H34ClN5O3S. The van der Waals surface area contributed by atoms with Crippen molar-refractivity contribution in [3.63, 3.8) is 0 Å². The lowest BCUT2D eigenvalue weighted by molar-refractivity contribution is 0.0712. The Morgan fingerprint density at radius 1 is 1.08 bits per heavy atom. The summed E-state index contributed by atoms with van der Waals surface area (Å²) in [6, 6.07) is 11.1. The molecule has 0 fully saturated rings. The zero-order valence-corrected chi connectivity index (χ0v) is 22.9. The molecule has 0 unspecified atom stereocenters. The number of carbonyl (C=O) groups excluding carboxylic acids is 1. The molecule has 10 heteroatoms. The average Bonchev–Trinajstić information content (AvgIpc) is 3.23. The molecule has 4 rings (SSSR count). The van der Waals surface area contributed by atoms with Crippen molar-refractivity contribution < 1.29 is 13.2 Å². The Bertz CT molecular complexity index is 1350. The summed E-state index contributed by atoms with van der Waals surface area (Å²) >= 11 is 6.30. The van der Waals surface area contributed by atoms with Crippen LogP contribution in [0.4, 0.5) is 5.69 Å². The number of nitrogens with zero attached hydrogens (tertiary/aromatic N) is 5. The topological polar surface area (TPSA) is 78.8 Å². The second kappa shape index (κ2) is 10.8. The molecule has 36 heavy (non-hydrogen) atoms. The number of hydrogen-bond acceptors (Lipinski definition) is 5. The van der Waals surface area contributed by atoms with Crippen molar-refractivity contribution in [1.29, 1.82) is 0 Å². The molecule has 0 atom stereocenters. The van der Waals surface area contributed by atoms with Gasteiger partial charge in [-0.15, -0.1) is 0 Å². The Hall–Kier alpha value is -2.62. The number of carbonyl (C=O) groups is 1. The van der Waals surface area contributed by atoms with Gasteiger partial charge in [-0.05, 0) is 63.1 Å². The zero-order valence-electron chi connectivity index (χ0n) is 21.3. The molecule has 1 aromatic heterocycles. The first-order valence-corrected chi connectivity index (χ1v) is 14.6. The average molecular weight is 532 g/mol. The van der Waals surface area contributed by atoms with Gasteiger partial charge in [0.25, 0.3) is 5.91 Å². The van der Waals surface area contributed by atoms with Gasteiger partial charge < -0.3 is 9.47 Å². The number of halogens is 1. The van der Waals surface area contributed by atoms with Gasteiger partial charge >= 0.3 is 0 Å². The van der Waals surface area contributed by atoms with E-state index in [1.54, 1.807) is 23.4 Å². The number of hydrogen-bond donors (Lipinski definition) is 0. The van der Waals surface area contributed by atoms with E-state index >= 15 is 0 Å². The van der Waals surface area contributed by atoms with Crippen LogP contribution in [-0.2, 0) is 23.1 Å². The van der Waals surface area contributed by atoms with Gasteiger partial charge in [0.1, 0.15) is 0 Å². The standard InChI is InChI=1S/C26H34ClN5O3S/c1-5-29-18-28-23-15-20(8-10-24(23)29)26(33)31-14-13-30(19(2)3)11-6-12-32(36(4,34)35)25-16-22(27)9-7-21(25)17-31/h7-10,15-16,18-19H,5-6,11-14,17H2,1-4H3. The van der Waals surface area contributed by atoms with Crippen LogP contribution in [0.25, 0.3) is 11.0 Å². The predicted molar refractivity (Wildman–Crippen MR) is 145 cm³/mol. The first-order chi connectivity index (χ1) is 17.1. The van der Waals surface area contributed by atoms with E-state index in [1.807, 2.05) is 28.8 Å². The number of sulfonamides is 1. The first-order valence-electron chi connectivity index (χ1n) is 12.3. The van der Waals surface area contributed by atoms with Gasteiger partial charge in [-0.1, -0.05) is 17.7 Å². The monoisotopic (exact) mass is 531 g/mol. The molecule has 0 bridgehead atoms. The summed E-state index contributed by atoms with van der Waals surface area (Å²) in [5.74, 6) is -0.113. The second-order valence-electron chi connectivity index (χ2n) is 9.55. The summed E-state index contributed by atoms with van der Waals surface area (Å²) in [5, 5.41) is 0.455. The van der Waals surface area contributed by atoms with Gasteiger partial charge in [0.15, 0.2) is 0 Å². The van der Waals surface area contributed by atoms with Crippen molar-refractivity contribution >= 4 is 44.3 Å². The number of benzene rings is 2. The number of amides is 1. The van der Waals surface area contributed by atoms with E-state index in [0.717, 1.165) is 29.7 Å². The lowest BCUT2D eigenvalue weighted by atomic mass is 10.1. The fraction of sp³-hybridized carbons (Fsp3) is 0.462. The number of rotatable bonds is 4. The van der Waals surface area contributed by atoms with Crippen LogP contribution in [0.15, 0.2) is 42.7 Å². The van der Waals surface area contributed by atoms with Crippen molar-refractivity contribution in [3.8, 4) is 0 Å². The van der Waals surface area contributed by atoms with Crippen LogP contribution in [0.1, 0.15) is 43.1 Å². The van der Waals surface area contributed by atoms with Crippen LogP contribution in [-0.4, -0.2) is 72.2 Å². The van der Waals surface area contributed by atoms with Gasteiger partial charge in [0, 0.05) is 55.9 Å². The Labute approximate surface area is 218 Å². The van der Waals surface area contributed by atoms with E-state index < -0.39 is 10.0 Å². The number of anilines is 1. The molecule has 0 saturated carbocycles. The van der Waals surface area contributed by atoms with Gasteiger partial charge in [0.2, 0.25) is 10.0 Å². The van der Waals surface area contributed by atoms with Gasteiger partial charge in [-0.3, -0.25) is 14.0 Å². The Kier molecular flexibility index (Phi) is 7.92. The maximum Gasteiger partial charge on any atom is 0.254 e. The van der Waals surface area contributed by atoms with Crippen LogP contribution in [0, 0.1) is 0 Å². The molecule has 0 aliphatic carbocycles. The largest absolute Gasteiger partial charge is 0.333 e. The van der Waals surface area contributed by atoms with Crippen molar-refractivity contribution in [3.05, 3.63) is 58.9 Å². The van der Waals surface area contributed by atoms with Gasteiger partial charge in [-0.2, -0.15) is 0 Å². The molecule has 0 spiro atoms. The fourth-order valence-electron chi connectivity index (χ4n) is 4.75. The lowest BCUT2D eigenvalue weighted by Crippen LogP contribution is -2.41. The number of aryl methyl sites for hydroxylation is 1. The summed E-state index contributed by atoms with van der Waals surface area (Å²) in [4.78, 5) is 22.4. The van der Waals surface area contributed by atoms with E-state index in [1.165, 1.54) is 10.6 Å². The quantitative estimate of drug-likeness (QED) is 0.503. The third kappa shape index (κ3) is 5.68. The van der Waals surface area contributed by atoms with Gasteiger partial charge in [0.05, 0.1) is 29.3 Å². The lowest BCUT2D eigenvalue weighted by Gasteiger charge is -2.30. The Balaban J connectivity index is 1.76. The molecule has 0 radical (unpaired) electrons. The Morgan fingerprint density at radius 3 is 2.56 bits per heavy atom. The molecule has 1 amide bonds. The molecule has 1 aliphatic rings. The highest BCUT2D eigenvalue weighted by Gasteiger charge is 2.26. The highest BCUT2D eigenvalue weighted by molar-refractivity contribution is 7.92.